The first kappa shape index (κ1) is 12.0. The van der Waals surface area contributed by atoms with E-state index in [0.717, 1.165) is 19.1 Å². The van der Waals surface area contributed by atoms with Crippen LogP contribution in [0.15, 0.2) is 0 Å². The highest BCUT2D eigenvalue weighted by Gasteiger charge is 2.42. The van der Waals surface area contributed by atoms with E-state index in [4.69, 9.17) is 4.74 Å². The lowest BCUT2D eigenvalue weighted by Crippen LogP contribution is -2.41. The van der Waals surface area contributed by atoms with Crippen LogP contribution in [0.2, 0.25) is 0 Å². The van der Waals surface area contributed by atoms with Crippen molar-refractivity contribution in [2.45, 2.75) is 53.9 Å². The number of ether oxygens (including phenoxy) is 1. The van der Waals surface area contributed by atoms with E-state index in [1.54, 1.807) is 0 Å². The van der Waals surface area contributed by atoms with Gasteiger partial charge in [0.05, 0.1) is 0 Å². The van der Waals surface area contributed by atoms with E-state index in [9.17, 15) is 0 Å². The van der Waals surface area contributed by atoms with Crippen LogP contribution in [0.1, 0.15) is 53.9 Å². The summed E-state index contributed by atoms with van der Waals surface area (Å²) in [4.78, 5) is 0. The lowest BCUT2D eigenvalue weighted by molar-refractivity contribution is -0.0585. The van der Waals surface area contributed by atoms with Gasteiger partial charge in [-0.15, -0.1) is 0 Å². The van der Waals surface area contributed by atoms with Crippen LogP contribution < -0.4 is 0 Å². The van der Waals surface area contributed by atoms with Gasteiger partial charge in [-0.05, 0) is 36.0 Å². The highest BCUT2D eigenvalue weighted by Crippen LogP contribution is 2.50. The molecule has 84 valence electrons. The summed E-state index contributed by atoms with van der Waals surface area (Å²) in [5.74, 6) is 0.798. The fraction of sp³-hybridized carbons (Fsp3) is 1.00. The van der Waals surface area contributed by atoms with Gasteiger partial charge in [0.25, 0.3) is 0 Å². The standard InChI is InChI=1S/C13H26O/c1-11(2)10-13(12(3,4)5)6-8-14-9-7-13/h11H,6-10H2,1-5H3. The van der Waals surface area contributed by atoms with Crippen molar-refractivity contribution in [1.82, 2.24) is 0 Å². The lowest BCUT2D eigenvalue weighted by Gasteiger charge is -2.48. The number of rotatable bonds is 2. The molecule has 1 aliphatic rings. The van der Waals surface area contributed by atoms with Crippen LogP contribution in [0.4, 0.5) is 0 Å². The van der Waals surface area contributed by atoms with E-state index >= 15 is 0 Å². The molecule has 0 aliphatic carbocycles. The Morgan fingerprint density at radius 3 is 2.00 bits per heavy atom. The largest absolute Gasteiger partial charge is 0.381 e. The van der Waals surface area contributed by atoms with Gasteiger partial charge in [0, 0.05) is 13.2 Å². The van der Waals surface area contributed by atoms with Crippen LogP contribution in [-0.2, 0) is 4.74 Å². The summed E-state index contributed by atoms with van der Waals surface area (Å²) in [6.07, 6.45) is 3.84. The first-order valence-corrected chi connectivity index (χ1v) is 5.95. The molecule has 0 saturated carbocycles. The normalized spacial score (nSPS) is 22.7. The Labute approximate surface area is 89.2 Å². The van der Waals surface area contributed by atoms with E-state index < -0.39 is 0 Å². The van der Waals surface area contributed by atoms with Gasteiger partial charge in [0.1, 0.15) is 0 Å². The second-order valence-electron chi connectivity index (χ2n) is 6.24. The van der Waals surface area contributed by atoms with Crippen molar-refractivity contribution in [3.05, 3.63) is 0 Å². The maximum atomic E-state index is 5.50. The number of hydrogen-bond acceptors (Lipinski definition) is 1. The topological polar surface area (TPSA) is 9.23 Å². The molecular weight excluding hydrogens is 172 g/mol. The highest BCUT2D eigenvalue weighted by atomic mass is 16.5. The fourth-order valence-corrected chi connectivity index (χ4v) is 2.80. The first-order valence-electron chi connectivity index (χ1n) is 5.95. The summed E-state index contributed by atoms with van der Waals surface area (Å²) in [7, 11) is 0. The predicted octanol–water partition coefficient (Wildman–Crippen LogP) is 3.88. The molecule has 0 N–H and O–H groups in total. The van der Waals surface area contributed by atoms with E-state index in [1.807, 2.05) is 0 Å². The second kappa shape index (κ2) is 4.22. The summed E-state index contributed by atoms with van der Waals surface area (Å²) in [5.41, 5.74) is 0.931. The molecular formula is C13H26O. The molecule has 1 heterocycles. The minimum atomic E-state index is 0.418. The Bertz CT molecular complexity index is 170. The summed E-state index contributed by atoms with van der Waals surface area (Å²) in [6.45, 7) is 13.8. The lowest BCUT2D eigenvalue weighted by atomic mass is 9.59. The van der Waals surface area contributed by atoms with E-state index in [1.165, 1.54) is 19.3 Å². The van der Waals surface area contributed by atoms with Crippen molar-refractivity contribution in [2.75, 3.05) is 13.2 Å². The summed E-state index contributed by atoms with van der Waals surface area (Å²) < 4.78 is 5.50. The molecule has 0 aromatic rings. The van der Waals surface area contributed by atoms with Crippen molar-refractivity contribution in [3.8, 4) is 0 Å². The first-order chi connectivity index (χ1) is 6.37. The quantitative estimate of drug-likeness (QED) is 0.654. The van der Waals surface area contributed by atoms with Crippen LogP contribution in [0.5, 0.6) is 0 Å². The molecule has 0 bridgehead atoms. The fourth-order valence-electron chi connectivity index (χ4n) is 2.80. The zero-order valence-corrected chi connectivity index (χ0v) is 10.5. The van der Waals surface area contributed by atoms with Crippen molar-refractivity contribution in [2.24, 2.45) is 16.7 Å². The molecule has 0 unspecified atom stereocenters. The molecule has 1 aliphatic heterocycles. The smallest absolute Gasteiger partial charge is 0.0471 e. The summed E-state index contributed by atoms with van der Waals surface area (Å²) >= 11 is 0. The average molecular weight is 198 g/mol. The van der Waals surface area contributed by atoms with Crippen LogP contribution in [0.25, 0.3) is 0 Å². The minimum Gasteiger partial charge on any atom is -0.381 e. The molecule has 0 aromatic carbocycles. The van der Waals surface area contributed by atoms with Gasteiger partial charge in [0.2, 0.25) is 0 Å². The Balaban J connectivity index is 2.77. The third-order valence-electron chi connectivity index (χ3n) is 3.84. The van der Waals surface area contributed by atoms with Gasteiger partial charge in [-0.2, -0.15) is 0 Å². The summed E-state index contributed by atoms with van der Waals surface area (Å²) in [5, 5.41) is 0. The third-order valence-corrected chi connectivity index (χ3v) is 3.84. The van der Waals surface area contributed by atoms with E-state index in [-0.39, 0.29) is 0 Å². The van der Waals surface area contributed by atoms with Crippen LogP contribution in [0, 0.1) is 16.7 Å². The van der Waals surface area contributed by atoms with E-state index in [0.29, 0.717) is 10.8 Å². The third kappa shape index (κ3) is 2.50. The number of hydrogen-bond donors (Lipinski definition) is 0. The van der Waals surface area contributed by atoms with Crippen molar-refractivity contribution in [1.29, 1.82) is 0 Å². The Hall–Kier alpha value is -0.0400. The predicted molar refractivity (Wildman–Crippen MR) is 61.4 cm³/mol. The monoisotopic (exact) mass is 198 g/mol. The van der Waals surface area contributed by atoms with Crippen LogP contribution in [0.3, 0.4) is 0 Å². The van der Waals surface area contributed by atoms with Gasteiger partial charge >= 0.3 is 0 Å². The SMILES string of the molecule is CC(C)CC1(C(C)(C)C)CCOCC1. The van der Waals surface area contributed by atoms with Gasteiger partial charge in [-0.1, -0.05) is 34.6 Å². The van der Waals surface area contributed by atoms with Crippen molar-refractivity contribution in [3.63, 3.8) is 0 Å². The zero-order valence-electron chi connectivity index (χ0n) is 10.5. The molecule has 1 rings (SSSR count). The van der Waals surface area contributed by atoms with E-state index in [2.05, 4.69) is 34.6 Å². The average Bonchev–Trinajstić information content (AvgIpc) is 2.02. The summed E-state index contributed by atoms with van der Waals surface area (Å²) in [6, 6.07) is 0. The van der Waals surface area contributed by atoms with Gasteiger partial charge in [-0.3, -0.25) is 0 Å². The van der Waals surface area contributed by atoms with Gasteiger partial charge in [0.15, 0.2) is 0 Å². The molecule has 1 saturated heterocycles. The molecule has 0 spiro atoms. The maximum Gasteiger partial charge on any atom is 0.0471 e. The Morgan fingerprint density at radius 2 is 1.64 bits per heavy atom. The van der Waals surface area contributed by atoms with Crippen LogP contribution in [-0.4, -0.2) is 13.2 Å². The van der Waals surface area contributed by atoms with Gasteiger partial charge < -0.3 is 4.74 Å². The molecule has 1 fully saturated rings. The van der Waals surface area contributed by atoms with Crippen molar-refractivity contribution < 1.29 is 4.74 Å². The van der Waals surface area contributed by atoms with Crippen LogP contribution >= 0.6 is 0 Å². The zero-order chi connectivity index (χ0) is 10.8. The molecule has 14 heavy (non-hydrogen) atoms. The Morgan fingerprint density at radius 1 is 1.14 bits per heavy atom. The second-order valence-corrected chi connectivity index (χ2v) is 6.24. The molecule has 0 amide bonds. The molecule has 0 aromatic heterocycles. The molecule has 1 nitrogen and oxygen atoms in total. The molecule has 0 radical (unpaired) electrons. The maximum absolute atomic E-state index is 5.50. The Kier molecular flexibility index (Phi) is 3.63. The van der Waals surface area contributed by atoms with Crippen molar-refractivity contribution >= 4 is 0 Å². The molecule has 1 heteroatoms. The molecule has 0 atom stereocenters. The highest BCUT2D eigenvalue weighted by molar-refractivity contribution is 4.92. The minimum absolute atomic E-state index is 0.418. The van der Waals surface area contributed by atoms with Gasteiger partial charge in [-0.25, -0.2) is 0 Å².